The number of hydrogen-bond acceptors (Lipinski definition) is 5. The molecule has 0 atom stereocenters. The molecule has 0 aliphatic rings. The SMILES string of the molecule is CCOC(=O)c1sc(C)c2c(=O)n(Cc3ccccc3)cnc12. The van der Waals surface area contributed by atoms with Crippen LogP contribution in [0.2, 0.25) is 0 Å². The number of carbonyl (C=O) groups is 1. The van der Waals surface area contributed by atoms with Gasteiger partial charge in [0.2, 0.25) is 0 Å². The van der Waals surface area contributed by atoms with Gasteiger partial charge >= 0.3 is 5.97 Å². The van der Waals surface area contributed by atoms with Crippen molar-refractivity contribution in [3.05, 3.63) is 62.3 Å². The third kappa shape index (κ3) is 2.90. The second-order valence-corrected chi connectivity index (χ2v) is 6.32. The predicted molar refractivity (Wildman–Crippen MR) is 90.1 cm³/mol. The van der Waals surface area contributed by atoms with Gasteiger partial charge in [0, 0.05) is 4.88 Å². The van der Waals surface area contributed by atoms with Gasteiger partial charge in [-0.15, -0.1) is 11.3 Å². The molecule has 0 aliphatic heterocycles. The highest BCUT2D eigenvalue weighted by molar-refractivity contribution is 7.15. The Kier molecular flexibility index (Phi) is 4.25. The highest BCUT2D eigenvalue weighted by Crippen LogP contribution is 2.27. The van der Waals surface area contributed by atoms with Gasteiger partial charge in [0.25, 0.3) is 5.56 Å². The molecule has 0 saturated heterocycles. The van der Waals surface area contributed by atoms with E-state index in [0.29, 0.717) is 28.9 Å². The Morgan fingerprint density at radius 3 is 2.74 bits per heavy atom. The van der Waals surface area contributed by atoms with Gasteiger partial charge < -0.3 is 4.74 Å². The van der Waals surface area contributed by atoms with Crippen molar-refractivity contribution in [2.24, 2.45) is 0 Å². The van der Waals surface area contributed by atoms with Crippen molar-refractivity contribution in [1.82, 2.24) is 9.55 Å². The van der Waals surface area contributed by atoms with Crippen molar-refractivity contribution in [3.63, 3.8) is 0 Å². The van der Waals surface area contributed by atoms with Crippen LogP contribution in [0, 0.1) is 6.92 Å². The summed E-state index contributed by atoms with van der Waals surface area (Å²) in [5.74, 6) is -0.427. The molecule has 1 aromatic carbocycles. The van der Waals surface area contributed by atoms with Gasteiger partial charge in [0.1, 0.15) is 10.4 Å². The van der Waals surface area contributed by atoms with E-state index in [2.05, 4.69) is 4.98 Å². The summed E-state index contributed by atoms with van der Waals surface area (Å²) >= 11 is 1.25. The number of benzene rings is 1. The van der Waals surface area contributed by atoms with E-state index in [4.69, 9.17) is 4.74 Å². The number of nitrogens with zero attached hydrogens (tertiary/aromatic N) is 2. The zero-order valence-electron chi connectivity index (χ0n) is 12.9. The molecular weight excluding hydrogens is 312 g/mol. The third-order valence-corrected chi connectivity index (χ3v) is 4.59. The molecule has 0 amide bonds. The minimum absolute atomic E-state index is 0.136. The summed E-state index contributed by atoms with van der Waals surface area (Å²) < 4.78 is 6.60. The van der Waals surface area contributed by atoms with Crippen LogP contribution in [-0.4, -0.2) is 22.1 Å². The Morgan fingerprint density at radius 2 is 2.04 bits per heavy atom. The summed E-state index contributed by atoms with van der Waals surface area (Å²) in [7, 11) is 0. The smallest absolute Gasteiger partial charge is 0.350 e. The molecule has 0 spiro atoms. The molecule has 6 heteroatoms. The summed E-state index contributed by atoms with van der Waals surface area (Å²) in [5.41, 5.74) is 1.32. The highest BCUT2D eigenvalue weighted by Gasteiger charge is 2.20. The average molecular weight is 328 g/mol. The summed E-state index contributed by atoms with van der Waals surface area (Å²) in [6.45, 7) is 4.32. The fourth-order valence-corrected chi connectivity index (χ4v) is 3.44. The number of fused-ring (bicyclic) bond motifs is 1. The second-order valence-electron chi connectivity index (χ2n) is 5.09. The van der Waals surface area contributed by atoms with Crippen LogP contribution in [-0.2, 0) is 11.3 Å². The Morgan fingerprint density at radius 1 is 1.30 bits per heavy atom. The van der Waals surface area contributed by atoms with Crippen molar-refractivity contribution in [2.75, 3.05) is 6.61 Å². The fourth-order valence-electron chi connectivity index (χ4n) is 2.46. The van der Waals surface area contributed by atoms with E-state index in [1.807, 2.05) is 37.3 Å². The van der Waals surface area contributed by atoms with E-state index in [0.717, 1.165) is 10.4 Å². The molecule has 0 radical (unpaired) electrons. The molecule has 0 bridgehead atoms. The number of aromatic nitrogens is 2. The number of thiophene rings is 1. The molecule has 5 nitrogen and oxygen atoms in total. The average Bonchev–Trinajstić information content (AvgIpc) is 2.89. The predicted octanol–water partition coefficient (Wildman–Crippen LogP) is 2.99. The van der Waals surface area contributed by atoms with E-state index < -0.39 is 5.97 Å². The molecule has 2 heterocycles. The number of hydrogen-bond donors (Lipinski definition) is 0. The van der Waals surface area contributed by atoms with E-state index in [1.165, 1.54) is 17.7 Å². The maximum absolute atomic E-state index is 12.7. The molecule has 2 aromatic heterocycles. The first-order valence-corrected chi connectivity index (χ1v) is 8.13. The lowest BCUT2D eigenvalue weighted by Gasteiger charge is -2.06. The third-order valence-electron chi connectivity index (χ3n) is 3.52. The molecule has 3 rings (SSSR count). The molecule has 0 aliphatic carbocycles. The lowest BCUT2D eigenvalue weighted by atomic mass is 10.2. The van der Waals surface area contributed by atoms with E-state index in [-0.39, 0.29) is 5.56 Å². The van der Waals surface area contributed by atoms with Gasteiger partial charge in [-0.05, 0) is 19.4 Å². The largest absolute Gasteiger partial charge is 0.462 e. The van der Waals surface area contributed by atoms with Crippen LogP contribution in [0.1, 0.15) is 27.0 Å². The van der Waals surface area contributed by atoms with Crippen LogP contribution in [0.15, 0.2) is 41.5 Å². The van der Waals surface area contributed by atoms with Crippen LogP contribution in [0.3, 0.4) is 0 Å². The van der Waals surface area contributed by atoms with Crippen molar-refractivity contribution in [1.29, 1.82) is 0 Å². The topological polar surface area (TPSA) is 61.2 Å². The van der Waals surface area contributed by atoms with Gasteiger partial charge in [-0.3, -0.25) is 9.36 Å². The Hall–Kier alpha value is -2.47. The zero-order chi connectivity index (χ0) is 16.4. The van der Waals surface area contributed by atoms with Gasteiger partial charge in [-0.25, -0.2) is 9.78 Å². The van der Waals surface area contributed by atoms with E-state index >= 15 is 0 Å². The number of esters is 1. The second kappa shape index (κ2) is 6.34. The number of aryl methyl sites for hydroxylation is 1. The van der Waals surface area contributed by atoms with Crippen molar-refractivity contribution >= 4 is 28.2 Å². The molecule has 0 unspecified atom stereocenters. The van der Waals surface area contributed by atoms with Crippen LogP contribution in [0.4, 0.5) is 0 Å². The zero-order valence-corrected chi connectivity index (χ0v) is 13.7. The van der Waals surface area contributed by atoms with Crippen LogP contribution < -0.4 is 5.56 Å². The van der Waals surface area contributed by atoms with Crippen LogP contribution in [0.25, 0.3) is 10.9 Å². The fraction of sp³-hybridized carbons (Fsp3) is 0.235. The Labute approximate surface area is 137 Å². The maximum Gasteiger partial charge on any atom is 0.350 e. The normalized spacial score (nSPS) is 10.9. The Balaban J connectivity index is 2.08. The number of carbonyl (C=O) groups excluding carboxylic acids is 1. The first-order chi connectivity index (χ1) is 11.1. The molecular formula is C17H16N2O3S. The highest BCUT2D eigenvalue weighted by atomic mass is 32.1. The van der Waals surface area contributed by atoms with Crippen molar-refractivity contribution < 1.29 is 9.53 Å². The molecule has 3 aromatic rings. The molecule has 0 fully saturated rings. The van der Waals surface area contributed by atoms with Gasteiger partial charge in [0.05, 0.1) is 24.9 Å². The minimum atomic E-state index is -0.427. The standard InChI is InChI=1S/C17H16N2O3S/c1-3-22-17(21)15-14-13(11(2)23-15)16(20)19(10-18-14)9-12-7-5-4-6-8-12/h4-8,10H,3,9H2,1-2H3. The quantitative estimate of drug-likeness (QED) is 0.691. The lowest BCUT2D eigenvalue weighted by molar-refractivity contribution is 0.0534. The maximum atomic E-state index is 12.7. The van der Waals surface area contributed by atoms with Crippen LogP contribution in [0.5, 0.6) is 0 Å². The summed E-state index contributed by atoms with van der Waals surface area (Å²) in [6, 6.07) is 9.72. The molecule has 23 heavy (non-hydrogen) atoms. The first kappa shape index (κ1) is 15.4. The first-order valence-electron chi connectivity index (χ1n) is 7.31. The minimum Gasteiger partial charge on any atom is -0.462 e. The van der Waals surface area contributed by atoms with Gasteiger partial charge in [-0.2, -0.15) is 0 Å². The Bertz CT molecular complexity index is 913. The van der Waals surface area contributed by atoms with Gasteiger partial charge in [0.15, 0.2) is 0 Å². The van der Waals surface area contributed by atoms with Crippen LogP contribution >= 0.6 is 11.3 Å². The lowest BCUT2D eigenvalue weighted by Crippen LogP contribution is -2.21. The number of rotatable bonds is 4. The van der Waals surface area contributed by atoms with Crippen molar-refractivity contribution in [3.8, 4) is 0 Å². The summed E-state index contributed by atoms with van der Waals surface area (Å²) in [6.07, 6.45) is 1.49. The van der Waals surface area contributed by atoms with E-state index in [9.17, 15) is 9.59 Å². The summed E-state index contributed by atoms with van der Waals surface area (Å²) in [4.78, 5) is 30.2. The molecule has 118 valence electrons. The van der Waals surface area contributed by atoms with Gasteiger partial charge in [-0.1, -0.05) is 30.3 Å². The molecule has 0 N–H and O–H groups in total. The summed E-state index contributed by atoms with van der Waals surface area (Å²) in [5, 5.41) is 0.497. The molecule has 0 saturated carbocycles. The monoisotopic (exact) mass is 328 g/mol. The van der Waals surface area contributed by atoms with E-state index in [1.54, 1.807) is 11.5 Å². The van der Waals surface area contributed by atoms with Crippen molar-refractivity contribution in [2.45, 2.75) is 20.4 Å². The number of ether oxygens (including phenoxy) is 1.